The van der Waals surface area contributed by atoms with Crippen LogP contribution in [-0.2, 0) is 14.9 Å². The highest BCUT2D eigenvalue weighted by molar-refractivity contribution is 5.75. The van der Waals surface area contributed by atoms with Crippen molar-refractivity contribution in [2.45, 2.75) is 12.3 Å². The summed E-state index contributed by atoms with van der Waals surface area (Å²) in [4.78, 5) is 11.9. The molecule has 2 atom stereocenters. The number of benzene rings is 1. The SMILES string of the molecule is COC(=O)C1CNCC1(C)c1cccc(OC)c1. The van der Waals surface area contributed by atoms with Gasteiger partial charge >= 0.3 is 5.97 Å². The topological polar surface area (TPSA) is 47.6 Å². The lowest BCUT2D eigenvalue weighted by atomic mass is 9.74. The first-order valence-electron chi connectivity index (χ1n) is 6.05. The van der Waals surface area contributed by atoms with E-state index < -0.39 is 0 Å². The lowest BCUT2D eigenvalue weighted by Gasteiger charge is -2.29. The van der Waals surface area contributed by atoms with E-state index in [1.807, 2.05) is 24.3 Å². The zero-order valence-corrected chi connectivity index (χ0v) is 11.0. The highest BCUT2D eigenvalue weighted by Crippen LogP contribution is 2.37. The van der Waals surface area contributed by atoms with Crippen molar-refractivity contribution >= 4 is 5.97 Å². The first kappa shape index (κ1) is 12.9. The van der Waals surface area contributed by atoms with Crippen molar-refractivity contribution in [3.05, 3.63) is 29.8 Å². The maximum Gasteiger partial charge on any atom is 0.310 e. The van der Waals surface area contributed by atoms with Gasteiger partial charge in [0.2, 0.25) is 0 Å². The van der Waals surface area contributed by atoms with Crippen molar-refractivity contribution in [3.63, 3.8) is 0 Å². The molecule has 1 fully saturated rings. The molecule has 0 aliphatic carbocycles. The fourth-order valence-electron chi connectivity index (χ4n) is 2.59. The lowest BCUT2D eigenvalue weighted by molar-refractivity contribution is -0.146. The molecule has 0 aromatic heterocycles. The van der Waals surface area contributed by atoms with Crippen molar-refractivity contribution < 1.29 is 14.3 Å². The molecule has 1 heterocycles. The fourth-order valence-corrected chi connectivity index (χ4v) is 2.59. The molecule has 1 aromatic carbocycles. The Hall–Kier alpha value is -1.55. The second-order valence-electron chi connectivity index (χ2n) is 4.86. The molecule has 0 radical (unpaired) electrons. The average molecular weight is 249 g/mol. The molecule has 98 valence electrons. The summed E-state index contributed by atoms with van der Waals surface area (Å²) >= 11 is 0. The highest BCUT2D eigenvalue weighted by atomic mass is 16.5. The summed E-state index contributed by atoms with van der Waals surface area (Å²) in [7, 11) is 3.08. The molecule has 1 aliphatic rings. The van der Waals surface area contributed by atoms with E-state index in [2.05, 4.69) is 12.2 Å². The molecule has 18 heavy (non-hydrogen) atoms. The number of carbonyl (C=O) groups excluding carboxylic acids is 1. The smallest absolute Gasteiger partial charge is 0.310 e. The summed E-state index contributed by atoms with van der Waals surface area (Å²) in [6, 6.07) is 7.88. The standard InChI is InChI=1S/C14H19NO3/c1-14(9-15-8-12(14)13(16)18-3)10-5-4-6-11(7-10)17-2/h4-7,12,15H,8-9H2,1-3H3. The van der Waals surface area contributed by atoms with Gasteiger partial charge in [0.1, 0.15) is 5.75 Å². The van der Waals surface area contributed by atoms with Gasteiger partial charge in [-0.15, -0.1) is 0 Å². The minimum Gasteiger partial charge on any atom is -0.497 e. The second kappa shape index (κ2) is 4.98. The van der Waals surface area contributed by atoms with Crippen molar-refractivity contribution in [3.8, 4) is 5.75 Å². The summed E-state index contributed by atoms with van der Waals surface area (Å²) in [5.41, 5.74) is 0.851. The minimum atomic E-state index is -0.248. The van der Waals surface area contributed by atoms with Crippen LogP contribution in [0.5, 0.6) is 5.75 Å². The Kier molecular flexibility index (Phi) is 3.57. The number of carbonyl (C=O) groups is 1. The molecule has 1 aliphatic heterocycles. The second-order valence-corrected chi connectivity index (χ2v) is 4.86. The van der Waals surface area contributed by atoms with E-state index in [9.17, 15) is 4.79 Å². The Morgan fingerprint density at radius 1 is 1.44 bits per heavy atom. The predicted octanol–water partition coefficient (Wildman–Crippen LogP) is 1.35. The van der Waals surface area contributed by atoms with Gasteiger partial charge in [-0.1, -0.05) is 19.1 Å². The molecule has 1 saturated heterocycles. The van der Waals surface area contributed by atoms with Gasteiger partial charge in [-0.05, 0) is 17.7 Å². The van der Waals surface area contributed by atoms with Gasteiger partial charge in [-0.25, -0.2) is 0 Å². The number of ether oxygens (including phenoxy) is 2. The predicted molar refractivity (Wildman–Crippen MR) is 68.7 cm³/mol. The third-order valence-electron chi connectivity index (χ3n) is 3.82. The Morgan fingerprint density at radius 3 is 2.89 bits per heavy atom. The number of esters is 1. The van der Waals surface area contributed by atoms with Gasteiger partial charge in [0.15, 0.2) is 0 Å². The summed E-state index contributed by atoms with van der Waals surface area (Å²) in [5.74, 6) is 0.490. The quantitative estimate of drug-likeness (QED) is 0.821. The summed E-state index contributed by atoms with van der Waals surface area (Å²) in [6.45, 7) is 3.50. The molecule has 0 amide bonds. The van der Waals surface area contributed by atoms with Crippen LogP contribution >= 0.6 is 0 Å². The van der Waals surface area contributed by atoms with Gasteiger partial charge in [-0.2, -0.15) is 0 Å². The largest absolute Gasteiger partial charge is 0.497 e. The van der Waals surface area contributed by atoms with Crippen molar-refractivity contribution in [2.75, 3.05) is 27.3 Å². The van der Waals surface area contributed by atoms with Crippen molar-refractivity contribution in [1.29, 1.82) is 0 Å². The molecule has 2 unspecified atom stereocenters. The van der Waals surface area contributed by atoms with Gasteiger partial charge in [0.25, 0.3) is 0 Å². The normalized spacial score (nSPS) is 26.9. The summed E-state index contributed by atoms with van der Waals surface area (Å²) in [6.07, 6.45) is 0. The van der Waals surface area contributed by atoms with Crippen LogP contribution in [0.4, 0.5) is 0 Å². The molecular formula is C14H19NO3. The first-order chi connectivity index (χ1) is 8.61. The molecule has 0 spiro atoms. The van der Waals surface area contributed by atoms with E-state index in [4.69, 9.17) is 9.47 Å². The molecular weight excluding hydrogens is 230 g/mol. The van der Waals surface area contributed by atoms with E-state index in [0.717, 1.165) is 17.9 Å². The van der Waals surface area contributed by atoms with Crippen LogP contribution < -0.4 is 10.1 Å². The van der Waals surface area contributed by atoms with Crippen molar-refractivity contribution in [2.24, 2.45) is 5.92 Å². The van der Waals surface area contributed by atoms with Crippen molar-refractivity contribution in [1.82, 2.24) is 5.32 Å². The molecule has 1 aromatic rings. The lowest BCUT2D eigenvalue weighted by Crippen LogP contribution is -2.37. The van der Waals surface area contributed by atoms with Crippen LogP contribution in [0.3, 0.4) is 0 Å². The Bertz CT molecular complexity index is 446. The summed E-state index contributed by atoms with van der Waals surface area (Å²) < 4.78 is 10.1. The monoisotopic (exact) mass is 249 g/mol. The van der Waals surface area contributed by atoms with E-state index in [0.29, 0.717) is 6.54 Å². The van der Waals surface area contributed by atoms with E-state index in [1.165, 1.54) is 7.11 Å². The van der Waals surface area contributed by atoms with E-state index >= 15 is 0 Å². The zero-order chi connectivity index (χ0) is 13.2. The molecule has 0 saturated carbocycles. The van der Waals surface area contributed by atoms with Gasteiger partial charge in [0.05, 0.1) is 20.1 Å². The Balaban J connectivity index is 2.36. The molecule has 4 heteroatoms. The Labute approximate surface area is 107 Å². The number of methoxy groups -OCH3 is 2. The van der Waals surface area contributed by atoms with E-state index in [1.54, 1.807) is 7.11 Å². The number of hydrogen-bond acceptors (Lipinski definition) is 4. The number of rotatable bonds is 3. The van der Waals surface area contributed by atoms with Gasteiger partial charge in [0, 0.05) is 18.5 Å². The molecule has 1 N–H and O–H groups in total. The minimum absolute atomic E-state index is 0.158. The number of nitrogens with one attached hydrogen (secondary N) is 1. The van der Waals surface area contributed by atoms with Crippen LogP contribution in [0.2, 0.25) is 0 Å². The number of hydrogen-bond donors (Lipinski definition) is 1. The molecule has 4 nitrogen and oxygen atoms in total. The summed E-state index contributed by atoms with van der Waals surface area (Å²) in [5, 5.41) is 3.27. The van der Waals surface area contributed by atoms with Crippen LogP contribution in [0.15, 0.2) is 24.3 Å². The molecule has 0 bridgehead atoms. The third-order valence-corrected chi connectivity index (χ3v) is 3.82. The van der Waals surface area contributed by atoms with Gasteiger partial charge in [-0.3, -0.25) is 4.79 Å². The maximum atomic E-state index is 11.9. The van der Waals surface area contributed by atoms with Crippen LogP contribution in [0.1, 0.15) is 12.5 Å². The van der Waals surface area contributed by atoms with Crippen LogP contribution in [-0.4, -0.2) is 33.3 Å². The Morgan fingerprint density at radius 2 is 2.22 bits per heavy atom. The average Bonchev–Trinajstić information content (AvgIpc) is 2.81. The molecule has 2 rings (SSSR count). The third kappa shape index (κ3) is 2.08. The zero-order valence-electron chi connectivity index (χ0n) is 11.0. The van der Waals surface area contributed by atoms with Crippen LogP contribution in [0.25, 0.3) is 0 Å². The van der Waals surface area contributed by atoms with Gasteiger partial charge < -0.3 is 14.8 Å². The fraction of sp³-hybridized carbons (Fsp3) is 0.500. The maximum absolute atomic E-state index is 11.9. The first-order valence-corrected chi connectivity index (χ1v) is 6.05. The highest BCUT2D eigenvalue weighted by Gasteiger charge is 2.45. The van der Waals surface area contributed by atoms with Crippen LogP contribution in [0, 0.1) is 5.92 Å². The van der Waals surface area contributed by atoms with E-state index in [-0.39, 0.29) is 17.3 Å².